The van der Waals surface area contributed by atoms with Gasteiger partial charge in [0.05, 0.1) is 17.2 Å². The van der Waals surface area contributed by atoms with Gasteiger partial charge in [-0.2, -0.15) is 0 Å². The van der Waals surface area contributed by atoms with E-state index >= 15 is 0 Å². The Kier molecular flexibility index (Phi) is 7.25. The normalized spacial score (nSPS) is 15.8. The monoisotopic (exact) mass is 346 g/mol. The molecule has 0 aromatic carbocycles. The molecule has 0 saturated carbocycles. The zero-order valence-electron chi connectivity index (χ0n) is 13.9. The number of piperazine rings is 1. The molecule has 0 unspecified atom stereocenters. The molecule has 0 spiro atoms. The van der Waals surface area contributed by atoms with Crippen molar-refractivity contribution in [1.82, 2.24) is 20.1 Å². The van der Waals surface area contributed by atoms with Gasteiger partial charge in [-0.05, 0) is 7.05 Å². The number of rotatable bonds is 4. The summed E-state index contributed by atoms with van der Waals surface area (Å²) in [6.07, 6.45) is 0. The van der Waals surface area contributed by atoms with Crippen LogP contribution in [0.1, 0.15) is 31.5 Å². The Morgan fingerprint density at radius 2 is 2.05 bits per heavy atom. The van der Waals surface area contributed by atoms with Gasteiger partial charge in [-0.15, -0.1) is 23.7 Å². The van der Waals surface area contributed by atoms with Crippen LogP contribution in [0, 0.1) is 0 Å². The van der Waals surface area contributed by atoms with Gasteiger partial charge in [0.15, 0.2) is 0 Å². The standard InChI is InChI=1S/C15H26N4OS.ClH/c1-15(2,3)14-17-12(11-21-14)9-18(4)10-13(20)19-7-5-16-6-8-19;/h11,16H,5-10H2,1-4H3;1H. The van der Waals surface area contributed by atoms with E-state index in [4.69, 9.17) is 0 Å². The van der Waals surface area contributed by atoms with Gasteiger partial charge in [-0.25, -0.2) is 4.98 Å². The van der Waals surface area contributed by atoms with Crippen LogP contribution >= 0.6 is 23.7 Å². The van der Waals surface area contributed by atoms with Gasteiger partial charge in [0.25, 0.3) is 0 Å². The van der Waals surface area contributed by atoms with E-state index in [-0.39, 0.29) is 23.7 Å². The molecule has 1 aromatic heterocycles. The zero-order chi connectivity index (χ0) is 15.5. The lowest BCUT2D eigenvalue weighted by Crippen LogP contribution is -2.49. The van der Waals surface area contributed by atoms with E-state index < -0.39 is 0 Å². The average Bonchev–Trinajstić information content (AvgIpc) is 2.88. The molecule has 1 N–H and O–H groups in total. The third kappa shape index (κ3) is 5.50. The third-order valence-electron chi connectivity index (χ3n) is 3.50. The van der Waals surface area contributed by atoms with E-state index in [0.29, 0.717) is 6.54 Å². The van der Waals surface area contributed by atoms with Crippen LogP contribution in [0.15, 0.2) is 5.38 Å². The Bertz CT molecular complexity index is 480. The van der Waals surface area contributed by atoms with Crippen LogP contribution in [0.25, 0.3) is 0 Å². The topological polar surface area (TPSA) is 48.5 Å². The van der Waals surface area contributed by atoms with Crippen LogP contribution in [-0.2, 0) is 16.8 Å². The number of thiazole rings is 1. The second kappa shape index (κ2) is 8.24. The van der Waals surface area contributed by atoms with Gasteiger partial charge in [-0.1, -0.05) is 20.8 Å². The molecule has 126 valence electrons. The number of nitrogens with zero attached hydrogens (tertiary/aromatic N) is 3. The summed E-state index contributed by atoms with van der Waals surface area (Å²) in [5.41, 5.74) is 1.15. The number of carbonyl (C=O) groups is 1. The smallest absolute Gasteiger partial charge is 0.236 e. The van der Waals surface area contributed by atoms with Crippen LogP contribution in [0.5, 0.6) is 0 Å². The molecule has 0 radical (unpaired) electrons. The van der Waals surface area contributed by atoms with Crippen molar-refractivity contribution >= 4 is 29.7 Å². The number of aromatic nitrogens is 1. The maximum Gasteiger partial charge on any atom is 0.236 e. The molecule has 0 aliphatic carbocycles. The van der Waals surface area contributed by atoms with E-state index in [9.17, 15) is 4.79 Å². The van der Waals surface area contributed by atoms with Gasteiger partial charge in [-0.3, -0.25) is 9.69 Å². The van der Waals surface area contributed by atoms with Crippen molar-refractivity contribution in [3.05, 3.63) is 16.1 Å². The van der Waals surface area contributed by atoms with Gasteiger partial charge in [0.1, 0.15) is 0 Å². The number of halogens is 1. The first-order chi connectivity index (χ1) is 9.86. The summed E-state index contributed by atoms with van der Waals surface area (Å²) in [7, 11) is 1.98. The molecule has 1 saturated heterocycles. The van der Waals surface area contributed by atoms with Crippen LogP contribution in [-0.4, -0.2) is 60.5 Å². The zero-order valence-corrected chi connectivity index (χ0v) is 15.5. The highest BCUT2D eigenvalue weighted by atomic mass is 35.5. The van der Waals surface area contributed by atoms with Crippen molar-refractivity contribution in [3.63, 3.8) is 0 Å². The van der Waals surface area contributed by atoms with Gasteiger partial charge in [0.2, 0.25) is 5.91 Å². The molecular weight excluding hydrogens is 320 g/mol. The van der Waals surface area contributed by atoms with Crippen LogP contribution < -0.4 is 5.32 Å². The van der Waals surface area contributed by atoms with Crippen molar-refractivity contribution in [2.75, 3.05) is 39.8 Å². The number of hydrogen-bond acceptors (Lipinski definition) is 5. The second-order valence-electron chi connectivity index (χ2n) is 6.70. The van der Waals surface area contributed by atoms with Crippen molar-refractivity contribution in [2.45, 2.75) is 32.7 Å². The molecule has 2 heterocycles. The minimum Gasteiger partial charge on any atom is -0.339 e. The first-order valence-electron chi connectivity index (χ1n) is 7.48. The Balaban J connectivity index is 0.00000242. The third-order valence-corrected chi connectivity index (χ3v) is 4.82. The highest BCUT2D eigenvalue weighted by Crippen LogP contribution is 2.25. The lowest BCUT2D eigenvalue weighted by molar-refractivity contribution is -0.132. The Labute approximate surface area is 143 Å². The van der Waals surface area contributed by atoms with E-state index in [1.54, 1.807) is 11.3 Å². The molecule has 22 heavy (non-hydrogen) atoms. The van der Waals surface area contributed by atoms with Gasteiger partial charge in [0, 0.05) is 43.5 Å². The van der Waals surface area contributed by atoms with E-state index in [1.807, 2.05) is 16.8 Å². The summed E-state index contributed by atoms with van der Waals surface area (Å²) in [5.74, 6) is 0.213. The predicted molar refractivity (Wildman–Crippen MR) is 93.8 cm³/mol. The molecule has 0 atom stereocenters. The fraction of sp³-hybridized carbons (Fsp3) is 0.733. The highest BCUT2D eigenvalue weighted by molar-refractivity contribution is 7.09. The van der Waals surface area contributed by atoms with Gasteiger partial charge < -0.3 is 10.2 Å². The molecule has 1 aromatic rings. The van der Waals surface area contributed by atoms with Crippen molar-refractivity contribution in [2.24, 2.45) is 0 Å². The fourth-order valence-corrected chi connectivity index (χ4v) is 3.20. The Hall–Kier alpha value is -0.690. The van der Waals surface area contributed by atoms with Gasteiger partial charge >= 0.3 is 0 Å². The quantitative estimate of drug-likeness (QED) is 0.902. The largest absolute Gasteiger partial charge is 0.339 e. The Morgan fingerprint density at radius 1 is 1.41 bits per heavy atom. The van der Waals surface area contributed by atoms with Crippen molar-refractivity contribution in [1.29, 1.82) is 0 Å². The maximum atomic E-state index is 12.2. The number of nitrogens with one attached hydrogen (secondary N) is 1. The van der Waals surface area contributed by atoms with Crippen LogP contribution in [0.2, 0.25) is 0 Å². The minimum absolute atomic E-state index is 0. The summed E-state index contributed by atoms with van der Waals surface area (Å²) >= 11 is 1.70. The maximum absolute atomic E-state index is 12.2. The summed E-state index contributed by atoms with van der Waals surface area (Å²) in [6, 6.07) is 0. The number of likely N-dealkylation sites (N-methyl/N-ethyl adjacent to an activating group) is 1. The van der Waals surface area contributed by atoms with Crippen molar-refractivity contribution in [3.8, 4) is 0 Å². The Morgan fingerprint density at radius 3 is 2.59 bits per heavy atom. The molecule has 2 rings (SSSR count). The van der Waals surface area contributed by atoms with Crippen molar-refractivity contribution < 1.29 is 4.79 Å². The predicted octanol–water partition coefficient (Wildman–Crippen LogP) is 1.73. The number of hydrogen-bond donors (Lipinski definition) is 1. The minimum atomic E-state index is 0. The molecule has 1 amide bonds. The SMILES string of the molecule is CN(CC(=O)N1CCNCC1)Cc1csc(C(C)(C)C)n1.Cl. The first-order valence-corrected chi connectivity index (χ1v) is 8.36. The summed E-state index contributed by atoms with van der Waals surface area (Å²) in [5, 5.41) is 6.52. The van der Waals surface area contributed by atoms with Crippen LogP contribution in [0.4, 0.5) is 0 Å². The number of carbonyl (C=O) groups excluding carboxylic acids is 1. The molecular formula is C15H27ClN4OS. The lowest BCUT2D eigenvalue weighted by Gasteiger charge is -2.29. The molecule has 5 nitrogen and oxygen atoms in total. The summed E-state index contributed by atoms with van der Waals surface area (Å²) in [4.78, 5) is 20.9. The second-order valence-corrected chi connectivity index (χ2v) is 7.56. The molecule has 7 heteroatoms. The summed E-state index contributed by atoms with van der Waals surface area (Å²) in [6.45, 7) is 11.1. The molecule has 0 bridgehead atoms. The van der Waals surface area contributed by atoms with E-state index in [0.717, 1.165) is 43.4 Å². The molecule has 1 aliphatic rings. The van der Waals surface area contributed by atoms with Crippen LogP contribution in [0.3, 0.4) is 0 Å². The first kappa shape index (κ1) is 19.4. The van der Waals surface area contributed by atoms with E-state index in [1.165, 1.54) is 0 Å². The highest BCUT2D eigenvalue weighted by Gasteiger charge is 2.20. The molecule has 1 aliphatic heterocycles. The fourth-order valence-electron chi connectivity index (χ4n) is 2.30. The lowest BCUT2D eigenvalue weighted by atomic mass is 9.98. The van der Waals surface area contributed by atoms with E-state index in [2.05, 4.69) is 36.5 Å². The number of amides is 1. The average molecular weight is 347 g/mol. The molecule has 1 fully saturated rings. The summed E-state index contributed by atoms with van der Waals surface area (Å²) < 4.78 is 0.